The van der Waals surface area contributed by atoms with Crippen LogP contribution in [-0.4, -0.2) is 32.6 Å². The van der Waals surface area contributed by atoms with E-state index in [1.54, 1.807) is 7.05 Å². The molecule has 94 valence electrons. The first kappa shape index (κ1) is 13.4. The van der Waals surface area contributed by atoms with Crippen molar-refractivity contribution in [3.63, 3.8) is 0 Å². The highest BCUT2D eigenvalue weighted by atomic mass is 16.1. The Bertz CT molecular complexity index is 344. The minimum absolute atomic E-state index is 0.0159. The zero-order valence-electron chi connectivity index (χ0n) is 10.8. The second-order valence-electron chi connectivity index (χ2n) is 3.75. The van der Waals surface area contributed by atoms with Crippen molar-refractivity contribution >= 4 is 17.3 Å². The summed E-state index contributed by atoms with van der Waals surface area (Å²) in [7, 11) is 1.63. The summed E-state index contributed by atoms with van der Waals surface area (Å²) in [6.45, 7) is 6.59. The summed E-state index contributed by atoms with van der Waals surface area (Å²) in [4.78, 5) is 13.4. The van der Waals surface area contributed by atoms with E-state index in [2.05, 4.69) is 41.5 Å². The van der Waals surface area contributed by atoms with Crippen molar-refractivity contribution < 1.29 is 4.79 Å². The van der Waals surface area contributed by atoms with Crippen molar-refractivity contribution in [3.05, 3.63) is 24.3 Å². The molecule has 0 bridgehead atoms. The molecule has 4 nitrogen and oxygen atoms in total. The van der Waals surface area contributed by atoms with E-state index in [9.17, 15) is 4.79 Å². The smallest absolute Gasteiger partial charge is 0.239 e. The lowest BCUT2D eigenvalue weighted by molar-refractivity contribution is -0.118. The first-order valence-corrected chi connectivity index (χ1v) is 6.00. The number of hydrogen-bond acceptors (Lipinski definition) is 3. The lowest BCUT2D eigenvalue weighted by Crippen LogP contribution is -2.26. The Labute approximate surface area is 103 Å². The predicted molar refractivity (Wildman–Crippen MR) is 72.6 cm³/mol. The highest BCUT2D eigenvalue weighted by Crippen LogP contribution is 2.17. The van der Waals surface area contributed by atoms with E-state index < -0.39 is 0 Å². The number of anilines is 2. The molecule has 2 N–H and O–H groups in total. The maximum atomic E-state index is 11.1. The molecule has 4 heteroatoms. The van der Waals surface area contributed by atoms with E-state index in [1.807, 2.05) is 12.1 Å². The van der Waals surface area contributed by atoms with Crippen LogP contribution in [0.4, 0.5) is 11.4 Å². The van der Waals surface area contributed by atoms with Gasteiger partial charge in [-0.05, 0) is 38.1 Å². The lowest BCUT2D eigenvalue weighted by Gasteiger charge is -2.21. The molecule has 0 unspecified atom stereocenters. The molecule has 0 saturated carbocycles. The molecule has 0 radical (unpaired) electrons. The Balaban J connectivity index is 2.58. The molecule has 0 fully saturated rings. The molecule has 1 rings (SSSR count). The summed E-state index contributed by atoms with van der Waals surface area (Å²) in [6, 6.07) is 8.13. The van der Waals surface area contributed by atoms with Crippen LogP contribution >= 0.6 is 0 Å². The molecule has 17 heavy (non-hydrogen) atoms. The van der Waals surface area contributed by atoms with Crippen molar-refractivity contribution in [2.45, 2.75) is 13.8 Å². The van der Waals surface area contributed by atoms with Gasteiger partial charge in [0.15, 0.2) is 0 Å². The zero-order valence-corrected chi connectivity index (χ0v) is 10.8. The van der Waals surface area contributed by atoms with E-state index in [0.717, 1.165) is 18.8 Å². The summed E-state index contributed by atoms with van der Waals surface area (Å²) in [6.07, 6.45) is 0. The standard InChI is InChI=1S/C13H21N3O/c1-4-16(5-2)12-8-6-11(7-9-12)15-10-13(17)14-3/h6-9,15H,4-5,10H2,1-3H3,(H,14,17). The van der Waals surface area contributed by atoms with Crippen LogP contribution in [0.15, 0.2) is 24.3 Å². The Hall–Kier alpha value is -1.71. The molecule has 1 amide bonds. The third kappa shape index (κ3) is 3.98. The zero-order chi connectivity index (χ0) is 12.7. The number of carbonyl (C=O) groups is 1. The van der Waals surface area contributed by atoms with Crippen molar-refractivity contribution in [1.29, 1.82) is 0 Å². The van der Waals surface area contributed by atoms with Crippen molar-refractivity contribution in [2.75, 3.05) is 36.9 Å². The number of carbonyl (C=O) groups excluding carboxylic acids is 1. The second-order valence-corrected chi connectivity index (χ2v) is 3.75. The average Bonchev–Trinajstić information content (AvgIpc) is 2.38. The fourth-order valence-electron chi connectivity index (χ4n) is 1.65. The summed E-state index contributed by atoms with van der Waals surface area (Å²) < 4.78 is 0. The van der Waals surface area contributed by atoms with E-state index >= 15 is 0 Å². The topological polar surface area (TPSA) is 44.4 Å². The molecule has 0 atom stereocenters. The highest BCUT2D eigenvalue weighted by molar-refractivity contribution is 5.80. The fourth-order valence-corrected chi connectivity index (χ4v) is 1.65. The minimum atomic E-state index is -0.0159. The van der Waals surface area contributed by atoms with Gasteiger partial charge in [0.05, 0.1) is 6.54 Å². The third-order valence-electron chi connectivity index (χ3n) is 2.73. The van der Waals surface area contributed by atoms with Crippen molar-refractivity contribution in [2.24, 2.45) is 0 Å². The number of amides is 1. The normalized spacial score (nSPS) is 9.82. The van der Waals surface area contributed by atoms with Crippen LogP contribution in [0, 0.1) is 0 Å². The Morgan fingerprint density at radius 2 is 1.76 bits per heavy atom. The molecule has 0 heterocycles. The highest BCUT2D eigenvalue weighted by Gasteiger charge is 2.02. The summed E-state index contributed by atoms with van der Waals surface area (Å²) in [5.41, 5.74) is 2.17. The Morgan fingerprint density at radius 1 is 1.18 bits per heavy atom. The molecule has 0 aromatic heterocycles. The number of rotatable bonds is 6. The Morgan fingerprint density at radius 3 is 2.24 bits per heavy atom. The van der Waals surface area contributed by atoms with Gasteiger partial charge in [0.25, 0.3) is 0 Å². The largest absolute Gasteiger partial charge is 0.376 e. The van der Waals surface area contributed by atoms with Gasteiger partial charge in [0, 0.05) is 31.5 Å². The van der Waals surface area contributed by atoms with Crippen molar-refractivity contribution in [1.82, 2.24) is 5.32 Å². The molecular formula is C13H21N3O. The fraction of sp³-hybridized carbons (Fsp3) is 0.462. The van der Waals surface area contributed by atoms with Gasteiger partial charge >= 0.3 is 0 Å². The maximum absolute atomic E-state index is 11.1. The van der Waals surface area contributed by atoms with Crippen LogP contribution in [0.1, 0.15) is 13.8 Å². The van der Waals surface area contributed by atoms with Gasteiger partial charge in [0.1, 0.15) is 0 Å². The van der Waals surface area contributed by atoms with Gasteiger partial charge in [-0.25, -0.2) is 0 Å². The van der Waals surface area contributed by atoms with Gasteiger partial charge < -0.3 is 15.5 Å². The van der Waals surface area contributed by atoms with Crippen LogP contribution < -0.4 is 15.5 Å². The van der Waals surface area contributed by atoms with Crippen LogP contribution in [0.25, 0.3) is 0 Å². The number of benzene rings is 1. The van der Waals surface area contributed by atoms with Gasteiger partial charge in [-0.2, -0.15) is 0 Å². The summed E-state index contributed by atoms with van der Waals surface area (Å²) >= 11 is 0. The quantitative estimate of drug-likeness (QED) is 0.788. The lowest BCUT2D eigenvalue weighted by atomic mass is 10.2. The number of hydrogen-bond donors (Lipinski definition) is 2. The van der Waals surface area contributed by atoms with Gasteiger partial charge in [-0.1, -0.05) is 0 Å². The van der Waals surface area contributed by atoms with Crippen LogP contribution in [0.5, 0.6) is 0 Å². The van der Waals surface area contributed by atoms with E-state index in [1.165, 1.54) is 5.69 Å². The summed E-state index contributed by atoms with van der Waals surface area (Å²) in [5.74, 6) is -0.0159. The first-order chi connectivity index (χ1) is 8.21. The number of likely N-dealkylation sites (N-methyl/N-ethyl adjacent to an activating group) is 1. The minimum Gasteiger partial charge on any atom is -0.376 e. The predicted octanol–water partition coefficient (Wildman–Crippen LogP) is 1.69. The van der Waals surface area contributed by atoms with Gasteiger partial charge in [0.2, 0.25) is 5.91 Å². The molecular weight excluding hydrogens is 214 g/mol. The van der Waals surface area contributed by atoms with Crippen LogP contribution in [0.3, 0.4) is 0 Å². The van der Waals surface area contributed by atoms with E-state index in [0.29, 0.717) is 6.54 Å². The van der Waals surface area contributed by atoms with Gasteiger partial charge in [-0.3, -0.25) is 4.79 Å². The molecule has 0 aliphatic carbocycles. The van der Waals surface area contributed by atoms with Crippen molar-refractivity contribution in [3.8, 4) is 0 Å². The molecule has 0 spiro atoms. The molecule has 0 aliphatic heterocycles. The van der Waals surface area contributed by atoms with E-state index in [-0.39, 0.29) is 5.91 Å². The molecule has 0 saturated heterocycles. The molecule has 0 aliphatic rings. The number of nitrogens with one attached hydrogen (secondary N) is 2. The van der Waals surface area contributed by atoms with E-state index in [4.69, 9.17) is 0 Å². The summed E-state index contributed by atoms with van der Waals surface area (Å²) in [5, 5.41) is 5.64. The third-order valence-corrected chi connectivity index (χ3v) is 2.73. The van der Waals surface area contributed by atoms with Crippen LogP contribution in [0.2, 0.25) is 0 Å². The maximum Gasteiger partial charge on any atom is 0.239 e. The second kappa shape index (κ2) is 6.78. The first-order valence-electron chi connectivity index (χ1n) is 6.00. The van der Waals surface area contributed by atoms with Gasteiger partial charge in [-0.15, -0.1) is 0 Å². The molecule has 1 aromatic rings. The monoisotopic (exact) mass is 235 g/mol. The Kier molecular flexibility index (Phi) is 5.33. The molecule has 1 aromatic carbocycles. The SMILES string of the molecule is CCN(CC)c1ccc(NCC(=O)NC)cc1. The van der Waals surface area contributed by atoms with Crippen LogP contribution in [-0.2, 0) is 4.79 Å². The average molecular weight is 235 g/mol. The number of nitrogens with zero attached hydrogens (tertiary/aromatic N) is 1.